The van der Waals surface area contributed by atoms with Crippen LogP contribution < -0.4 is 0 Å². The van der Waals surface area contributed by atoms with Crippen molar-refractivity contribution in [1.82, 2.24) is 0 Å². The molecule has 2 aromatic carbocycles. The van der Waals surface area contributed by atoms with Crippen LogP contribution in [0.4, 0.5) is 11.4 Å². The largest absolute Gasteiger partial charge is 0.255 e. The van der Waals surface area contributed by atoms with Crippen LogP contribution in [0.2, 0.25) is 0 Å². The van der Waals surface area contributed by atoms with E-state index in [1.54, 1.807) is 12.4 Å². The van der Waals surface area contributed by atoms with E-state index in [2.05, 4.69) is 74.1 Å². The van der Waals surface area contributed by atoms with Crippen molar-refractivity contribution in [3.63, 3.8) is 0 Å². The van der Waals surface area contributed by atoms with Crippen molar-refractivity contribution in [2.24, 2.45) is 9.98 Å². The Kier molecular flexibility index (Phi) is 4.46. The number of hydrogen-bond acceptors (Lipinski definition) is 2. The molecule has 0 bridgehead atoms. The molecular weight excluding hydrogens is 244 g/mol. The van der Waals surface area contributed by atoms with E-state index in [4.69, 9.17) is 0 Å². The highest BCUT2D eigenvalue weighted by atomic mass is 14.8. The minimum Gasteiger partial charge on any atom is -0.255 e. The summed E-state index contributed by atoms with van der Waals surface area (Å²) in [5.41, 5.74) is 6.84. The van der Waals surface area contributed by atoms with Gasteiger partial charge in [-0.05, 0) is 74.2 Å². The molecule has 0 N–H and O–H groups in total. The van der Waals surface area contributed by atoms with E-state index in [0.717, 1.165) is 11.4 Å². The smallest absolute Gasteiger partial charge is 0.0635 e. The molecule has 0 heterocycles. The van der Waals surface area contributed by atoms with Gasteiger partial charge < -0.3 is 0 Å². The minimum absolute atomic E-state index is 0.967. The SMILES string of the molecule is Cc1cc(C)cc(N=CC=Nc2cc(C)cc(C)c2)c1. The summed E-state index contributed by atoms with van der Waals surface area (Å²) in [7, 11) is 0. The van der Waals surface area contributed by atoms with Crippen molar-refractivity contribution in [3.8, 4) is 0 Å². The summed E-state index contributed by atoms with van der Waals surface area (Å²) in [6.07, 6.45) is 3.48. The second-order valence-corrected chi connectivity index (χ2v) is 5.25. The van der Waals surface area contributed by atoms with E-state index in [1.165, 1.54) is 22.3 Å². The Morgan fingerprint density at radius 3 is 1.15 bits per heavy atom. The van der Waals surface area contributed by atoms with Gasteiger partial charge in [0.2, 0.25) is 0 Å². The first-order chi connectivity index (χ1) is 9.52. The lowest BCUT2D eigenvalue weighted by atomic mass is 10.1. The molecule has 0 aliphatic carbocycles. The molecule has 20 heavy (non-hydrogen) atoms. The van der Waals surface area contributed by atoms with E-state index >= 15 is 0 Å². The maximum Gasteiger partial charge on any atom is 0.0635 e. The maximum atomic E-state index is 4.41. The van der Waals surface area contributed by atoms with Gasteiger partial charge in [0.15, 0.2) is 0 Å². The summed E-state index contributed by atoms with van der Waals surface area (Å²) in [5.74, 6) is 0. The highest BCUT2D eigenvalue weighted by Gasteiger charge is 1.93. The molecule has 0 aliphatic heterocycles. The van der Waals surface area contributed by atoms with Gasteiger partial charge in [-0.1, -0.05) is 12.1 Å². The van der Waals surface area contributed by atoms with Crippen LogP contribution in [0.1, 0.15) is 22.3 Å². The molecule has 0 atom stereocenters. The van der Waals surface area contributed by atoms with E-state index in [9.17, 15) is 0 Å². The molecule has 0 saturated heterocycles. The predicted octanol–water partition coefficient (Wildman–Crippen LogP) is 5.03. The Bertz CT molecular complexity index is 567. The highest BCUT2D eigenvalue weighted by molar-refractivity contribution is 6.17. The number of rotatable bonds is 3. The molecule has 0 fully saturated rings. The van der Waals surface area contributed by atoms with Gasteiger partial charge in [-0.25, -0.2) is 0 Å². The minimum atomic E-state index is 0.967. The van der Waals surface area contributed by atoms with Crippen molar-refractivity contribution >= 4 is 23.8 Å². The van der Waals surface area contributed by atoms with Crippen LogP contribution >= 0.6 is 0 Å². The fourth-order valence-electron chi connectivity index (χ4n) is 2.29. The molecule has 0 aromatic heterocycles. The normalized spacial score (nSPS) is 11.6. The molecule has 0 saturated carbocycles. The monoisotopic (exact) mass is 264 g/mol. The van der Waals surface area contributed by atoms with Gasteiger partial charge in [-0.3, -0.25) is 9.98 Å². The Morgan fingerprint density at radius 2 is 0.850 bits per heavy atom. The summed E-state index contributed by atoms with van der Waals surface area (Å²) < 4.78 is 0. The summed E-state index contributed by atoms with van der Waals surface area (Å²) in [6.45, 7) is 8.32. The number of nitrogens with zero attached hydrogens (tertiary/aromatic N) is 2. The summed E-state index contributed by atoms with van der Waals surface area (Å²) >= 11 is 0. The standard InChI is InChI=1S/C18H20N2/c1-13-7-14(2)10-17(9-13)19-5-6-20-18-11-15(3)8-16(4)12-18/h5-12H,1-4H3. The summed E-state index contributed by atoms with van der Waals surface area (Å²) in [5, 5.41) is 0. The number of aliphatic imine (C=N–C) groups is 2. The molecule has 2 nitrogen and oxygen atoms in total. The third kappa shape index (κ3) is 4.16. The second-order valence-electron chi connectivity index (χ2n) is 5.25. The number of hydrogen-bond donors (Lipinski definition) is 0. The van der Waals surface area contributed by atoms with Crippen LogP contribution in [-0.2, 0) is 0 Å². The van der Waals surface area contributed by atoms with Gasteiger partial charge in [0, 0.05) is 12.4 Å². The van der Waals surface area contributed by atoms with Crippen LogP contribution in [0.15, 0.2) is 46.4 Å². The van der Waals surface area contributed by atoms with Crippen LogP contribution in [0.3, 0.4) is 0 Å². The molecule has 0 spiro atoms. The van der Waals surface area contributed by atoms with E-state index in [0.29, 0.717) is 0 Å². The summed E-state index contributed by atoms with van der Waals surface area (Å²) in [6, 6.07) is 12.5. The Labute approximate surface area is 120 Å². The quantitative estimate of drug-likeness (QED) is 0.695. The molecular formula is C18H20N2. The maximum absolute atomic E-state index is 4.41. The molecule has 102 valence electrons. The molecule has 2 heteroatoms. The molecule has 2 aromatic rings. The van der Waals surface area contributed by atoms with Gasteiger partial charge in [0.25, 0.3) is 0 Å². The van der Waals surface area contributed by atoms with Crippen LogP contribution in [0.25, 0.3) is 0 Å². The Hall–Kier alpha value is -2.22. The lowest BCUT2D eigenvalue weighted by Crippen LogP contribution is -1.80. The van der Waals surface area contributed by atoms with Gasteiger partial charge in [0.05, 0.1) is 11.4 Å². The summed E-state index contributed by atoms with van der Waals surface area (Å²) in [4.78, 5) is 8.83. The lowest BCUT2D eigenvalue weighted by Gasteiger charge is -1.99. The van der Waals surface area contributed by atoms with Gasteiger partial charge in [-0.15, -0.1) is 0 Å². The van der Waals surface area contributed by atoms with E-state index < -0.39 is 0 Å². The van der Waals surface area contributed by atoms with Crippen LogP contribution in [0.5, 0.6) is 0 Å². The fourth-order valence-corrected chi connectivity index (χ4v) is 2.29. The van der Waals surface area contributed by atoms with Gasteiger partial charge in [0.1, 0.15) is 0 Å². The zero-order valence-corrected chi connectivity index (χ0v) is 12.5. The first kappa shape index (κ1) is 14.2. The lowest BCUT2D eigenvalue weighted by molar-refractivity contribution is 1.36. The van der Waals surface area contributed by atoms with Gasteiger partial charge >= 0.3 is 0 Å². The van der Waals surface area contributed by atoms with Crippen LogP contribution in [0, 0.1) is 27.7 Å². The van der Waals surface area contributed by atoms with Crippen molar-refractivity contribution in [2.75, 3.05) is 0 Å². The fraction of sp³-hybridized carbons (Fsp3) is 0.222. The molecule has 2 rings (SSSR count). The van der Waals surface area contributed by atoms with Crippen LogP contribution in [-0.4, -0.2) is 12.4 Å². The topological polar surface area (TPSA) is 24.7 Å². The third-order valence-corrected chi connectivity index (χ3v) is 2.93. The third-order valence-electron chi connectivity index (χ3n) is 2.93. The zero-order valence-electron chi connectivity index (χ0n) is 12.5. The number of benzene rings is 2. The molecule has 0 amide bonds. The van der Waals surface area contributed by atoms with Crippen molar-refractivity contribution in [3.05, 3.63) is 58.7 Å². The Morgan fingerprint density at radius 1 is 0.550 bits per heavy atom. The van der Waals surface area contributed by atoms with E-state index in [1.807, 2.05) is 0 Å². The Balaban J connectivity index is 2.10. The zero-order chi connectivity index (χ0) is 14.5. The van der Waals surface area contributed by atoms with E-state index in [-0.39, 0.29) is 0 Å². The molecule has 0 unspecified atom stereocenters. The second kappa shape index (κ2) is 6.29. The average molecular weight is 264 g/mol. The van der Waals surface area contributed by atoms with Crippen molar-refractivity contribution in [2.45, 2.75) is 27.7 Å². The average Bonchev–Trinajstić information content (AvgIpc) is 2.32. The first-order valence-corrected chi connectivity index (χ1v) is 6.76. The molecule has 0 aliphatic rings. The highest BCUT2D eigenvalue weighted by Crippen LogP contribution is 2.17. The van der Waals surface area contributed by atoms with Crippen molar-refractivity contribution in [1.29, 1.82) is 0 Å². The van der Waals surface area contributed by atoms with Gasteiger partial charge in [-0.2, -0.15) is 0 Å². The molecule has 0 radical (unpaired) electrons. The first-order valence-electron chi connectivity index (χ1n) is 6.76. The number of aryl methyl sites for hydroxylation is 4. The van der Waals surface area contributed by atoms with Crippen molar-refractivity contribution < 1.29 is 0 Å². The predicted molar refractivity (Wildman–Crippen MR) is 88.1 cm³/mol.